The monoisotopic (exact) mass is 806 g/mol. The summed E-state index contributed by atoms with van der Waals surface area (Å²) in [6, 6.07) is 74.0. The molecule has 3 aromatic heterocycles. The van der Waals surface area contributed by atoms with E-state index < -0.39 is 0 Å². The maximum atomic E-state index is 5.23. The number of hydrogen-bond acceptors (Lipinski definition) is 4. The summed E-state index contributed by atoms with van der Waals surface area (Å²) < 4.78 is 5.07. The summed E-state index contributed by atoms with van der Waals surface area (Å²) in [5, 5.41) is 12.1. The highest BCUT2D eigenvalue weighted by Crippen LogP contribution is 2.43. The van der Waals surface area contributed by atoms with E-state index in [0.29, 0.717) is 17.5 Å². The first kappa shape index (κ1) is 34.8. The molecule has 4 nitrogen and oxygen atoms in total. The number of nitrogens with zero attached hydrogens (tertiary/aromatic N) is 4. The maximum absolute atomic E-state index is 5.23. The average molecular weight is 807 g/mol. The minimum absolute atomic E-state index is 0.642. The standard InChI is InChI=1S/C57H34N4S/c1-3-14-35(15-4-1)55-58-56(36-16-5-2-6-17-36)60-57(59-55)46-23-13-22-45-41-19-8-7-18-40(41)42-29-28-39(34-49(42)54(45)46)61-50-24-11-9-20-43(50)47-32-37(26-30-51(47)61)38-27-31-53-48(33-38)44-21-10-12-25-52(44)62-53/h1-34H. The second-order valence-corrected chi connectivity index (χ2v) is 17.0. The molecule has 62 heavy (non-hydrogen) atoms. The molecule has 10 aromatic carbocycles. The Morgan fingerprint density at radius 3 is 1.61 bits per heavy atom. The minimum atomic E-state index is 0.642. The van der Waals surface area contributed by atoms with Crippen LogP contribution in [0.15, 0.2) is 206 Å². The summed E-state index contributed by atoms with van der Waals surface area (Å²) in [4.78, 5) is 15.5. The second-order valence-electron chi connectivity index (χ2n) is 15.9. The van der Waals surface area contributed by atoms with Crippen LogP contribution in [0.3, 0.4) is 0 Å². The zero-order valence-corrected chi connectivity index (χ0v) is 34.1. The lowest BCUT2D eigenvalue weighted by Crippen LogP contribution is -2.01. The van der Waals surface area contributed by atoms with Gasteiger partial charge < -0.3 is 4.57 Å². The van der Waals surface area contributed by atoms with Crippen molar-refractivity contribution in [1.29, 1.82) is 0 Å². The molecule has 0 aliphatic heterocycles. The molecule has 0 saturated carbocycles. The fraction of sp³-hybridized carbons (Fsp3) is 0. The Morgan fingerprint density at radius 2 is 0.855 bits per heavy atom. The topological polar surface area (TPSA) is 43.6 Å². The van der Waals surface area contributed by atoms with Gasteiger partial charge in [0.1, 0.15) is 0 Å². The normalized spacial score (nSPS) is 11.9. The highest BCUT2D eigenvalue weighted by atomic mass is 32.1. The van der Waals surface area contributed by atoms with Gasteiger partial charge in [-0.05, 0) is 86.6 Å². The molecule has 0 bridgehead atoms. The Morgan fingerprint density at radius 1 is 0.306 bits per heavy atom. The van der Waals surface area contributed by atoms with E-state index in [2.05, 4.69) is 174 Å². The molecule has 13 aromatic rings. The molecule has 3 heterocycles. The fourth-order valence-electron chi connectivity index (χ4n) is 9.58. The van der Waals surface area contributed by atoms with Crippen molar-refractivity contribution < 1.29 is 0 Å². The molecule has 0 aliphatic rings. The third kappa shape index (κ3) is 5.42. The molecule has 0 unspecified atom stereocenters. The predicted molar refractivity (Wildman–Crippen MR) is 261 cm³/mol. The molecular weight excluding hydrogens is 773 g/mol. The molecule has 0 saturated heterocycles. The number of rotatable bonds is 5. The van der Waals surface area contributed by atoms with Gasteiger partial charge in [-0.25, -0.2) is 15.0 Å². The van der Waals surface area contributed by atoms with Gasteiger partial charge in [0.15, 0.2) is 17.5 Å². The SMILES string of the molecule is c1ccc(-c2nc(-c3ccccc3)nc(-c3cccc4c5ccccc5c5ccc(-n6c7ccccc7c7cc(-c8ccc9sc%10ccccc%10c9c8)ccc76)cc5c34)n2)cc1. The summed E-state index contributed by atoms with van der Waals surface area (Å²) in [5.74, 6) is 1.93. The predicted octanol–water partition coefficient (Wildman–Crippen LogP) is 15.5. The van der Waals surface area contributed by atoms with Gasteiger partial charge in [0.2, 0.25) is 0 Å². The molecule has 0 radical (unpaired) electrons. The van der Waals surface area contributed by atoms with Crippen LogP contribution in [-0.4, -0.2) is 19.5 Å². The van der Waals surface area contributed by atoms with Gasteiger partial charge in [0.05, 0.1) is 11.0 Å². The number of para-hydroxylation sites is 1. The van der Waals surface area contributed by atoms with Crippen molar-refractivity contribution in [3.05, 3.63) is 206 Å². The van der Waals surface area contributed by atoms with Crippen molar-refractivity contribution in [2.45, 2.75) is 0 Å². The van der Waals surface area contributed by atoms with E-state index in [9.17, 15) is 0 Å². The van der Waals surface area contributed by atoms with Crippen molar-refractivity contribution in [3.63, 3.8) is 0 Å². The number of fused-ring (bicyclic) bond motifs is 12. The van der Waals surface area contributed by atoms with Crippen molar-refractivity contribution in [2.24, 2.45) is 0 Å². The summed E-state index contributed by atoms with van der Waals surface area (Å²) in [6.45, 7) is 0. The van der Waals surface area contributed by atoms with Crippen molar-refractivity contribution in [3.8, 4) is 51.0 Å². The summed E-state index contributed by atoms with van der Waals surface area (Å²) >= 11 is 1.86. The van der Waals surface area contributed by atoms with E-state index in [4.69, 9.17) is 15.0 Å². The maximum Gasteiger partial charge on any atom is 0.164 e. The van der Waals surface area contributed by atoms with Gasteiger partial charge in [-0.3, -0.25) is 0 Å². The Hall–Kier alpha value is -7.99. The zero-order chi connectivity index (χ0) is 40.7. The summed E-state index contributed by atoms with van der Waals surface area (Å²) in [5.41, 5.74) is 8.72. The lowest BCUT2D eigenvalue weighted by atomic mass is 9.91. The van der Waals surface area contributed by atoms with Crippen molar-refractivity contribution in [1.82, 2.24) is 19.5 Å². The third-order valence-corrected chi connectivity index (χ3v) is 13.6. The number of benzene rings is 10. The highest BCUT2D eigenvalue weighted by Gasteiger charge is 2.20. The minimum Gasteiger partial charge on any atom is -0.309 e. The van der Waals surface area contributed by atoms with Crippen molar-refractivity contribution in [2.75, 3.05) is 0 Å². The van der Waals surface area contributed by atoms with Gasteiger partial charge in [0.25, 0.3) is 0 Å². The fourth-order valence-corrected chi connectivity index (χ4v) is 10.7. The van der Waals surface area contributed by atoms with Gasteiger partial charge in [-0.1, -0.05) is 158 Å². The molecule has 5 heteroatoms. The Labute approximate surface area is 360 Å². The van der Waals surface area contributed by atoms with Crippen LogP contribution in [-0.2, 0) is 0 Å². The highest BCUT2D eigenvalue weighted by molar-refractivity contribution is 7.25. The Balaban J connectivity index is 1.05. The second kappa shape index (κ2) is 13.8. The van der Waals surface area contributed by atoms with E-state index in [1.54, 1.807) is 0 Å². The molecule has 0 spiro atoms. The van der Waals surface area contributed by atoms with Crippen LogP contribution >= 0.6 is 11.3 Å². The zero-order valence-electron chi connectivity index (χ0n) is 33.3. The van der Waals surface area contributed by atoms with Crippen LogP contribution < -0.4 is 0 Å². The van der Waals surface area contributed by atoms with Crippen LogP contribution in [0.1, 0.15) is 0 Å². The first-order valence-electron chi connectivity index (χ1n) is 20.9. The Kier molecular flexibility index (Phi) is 7.74. The molecule has 0 atom stereocenters. The molecule has 13 rings (SSSR count). The smallest absolute Gasteiger partial charge is 0.164 e. The number of hydrogen-bond donors (Lipinski definition) is 0. The molecule has 0 amide bonds. The van der Waals surface area contributed by atoms with Crippen LogP contribution in [0.25, 0.3) is 125 Å². The van der Waals surface area contributed by atoms with Crippen LogP contribution in [0.4, 0.5) is 0 Å². The van der Waals surface area contributed by atoms with E-state index in [1.807, 2.05) is 47.7 Å². The largest absolute Gasteiger partial charge is 0.309 e. The lowest BCUT2D eigenvalue weighted by molar-refractivity contribution is 1.08. The lowest BCUT2D eigenvalue weighted by Gasteiger charge is -2.16. The number of aromatic nitrogens is 4. The summed E-state index contributed by atoms with van der Waals surface area (Å²) in [6.07, 6.45) is 0. The van der Waals surface area contributed by atoms with E-state index in [-0.39, 0.29) is 0 Å². The number of thiophene rings is 1. The first-order chi connectivity index (χ1) is 30.7. The first-order valence-corrected chi connectivity index (χ1v) is 21.7. The van der Waals surface area contributed by atoms with Crippen molar-refractivity contribution >= 4 is 85.6 Å². The average Bonchev–Trinajstić information content (AvgIpc) is 3.89. The van der Waals surface area contributed by atoms with Gasteiger partial charge in [-0.15, -0.1) is 11.3 Å². The van der Waals surface area contributed by atoms with Gasteiger partial charge in [-0.2, -0.15) is 0 Å². The van der Waals surface area contributed by atoms with Crippen LogP contribution in [0.2, 0.25) is 0 Å². The quantitative estimate of drug-likeness (QED) is 0.163. The Bertz CT molecular complexity index is 3870. The molecule has 0 fully saturated rings. The third-order valence-electron chi connectivity index (χ3n) is 12.4. The van der Waals surface area contributed by atoms with E-state index >= 15 is 0 Å². The molecule has 0 aliphatic carbocycles. The van der Waals surface area contributed by atoms with E-state index in [1.165, 1.54) is 69.3 Å². The van der Waals surface area contributed by atoms with E-state index in [0.717, 1.165) is 38.5 Å². The van der Waals surface area contributed by atoms with Crippen LogP contribution in [0, 0.1) is 0 Å². The summed E-state index contributed by atoms with van der Waals surface area (Å²) in [7, 11) is 0. The van der Waals surface area contributed by atoms with Gasteiger partial charge >= 0.3 is 0 Å². The molecule has 0 N–H and O–H groups in total. The van der Waals surface area contributed by atoms with Crippen LogP contribution in [0.5, 0.6) is 0 Å². The molecule has 288 valence electrons. The molecular formula is C57H34N4S. The van der Waals surface area contributed by atoms with Gasteiger partial charge in [0, 0.05) is 58.7 Å².